The van der Waals surface area contributed by atoms with Crippen molar-refractivity contribution in [3.63, 3.8) is 0 Å². The van der Waals surface area contributed by atoms with E-state index in [1.165, 1.54) is 0 Å². The van der Waals surface area contributed by atoms with E-state index >= 15 is 0 Å². The highest BCUT2D eigenvalue weighted by molar-refractivity contribution is 5.68. The van der Waals surface area contributed by atoms with Crippen LogP contribution in [0.25, 0.3) is 0 Å². The molecule has 5 nitrogen and oxygen atoms in total. The molecule has 1 unspecified atom stereocenters. The van der Waals surface area contributed by atoms with Crippen molar-refractivity contribution in [3.8, 4) is 5.75 Å². The molecular formula is C13H21N3O2. The molecular weight excluding hydrogens is 230 g/mol. The van der Waals surface area contributed by atoms with Crippen molar-refractivity contribution >= 4 is 11.4 Å². The predicted molar refractivity (Wildman–Crippen MR) is 73.1 cm³/mol. The van der Waals surface area contributed by atoms with E-state index in [-0.39, 0.29) is 6.10 Å². The Bertz CT molecular complexity index is 398. The van der Waals surface area contributed by atoms with Gasteiger partial charge in [0, 0.05) is 25.7 Å². The molecule has 1 aromatic rings. The van der Waals surface area contributed by atoms with Crippen LogP contribution < -0.4 is 15.8 Å². The highest BCUT2D eigenvalue weighted by atomic mass is 16.5. The van der Waals surface area contributed by atoms with Gasteiger partial charge < -0.3 is 25.4 Å². The fourth-order valence-corrected chi connectivity index (χ4v) is 2.03. The van der Waals surface area contributed by atoms with Crippen LogP contribution in [0.1, 0.15) is 0 Å². The number of nitrogen functional groups attached to an aromatic ring is 1. The number of morpholine rings is 1. The van der Waals surface area contributed by atoms with Gasteiger partial charge in [0.25, 0.3) is 0 Å². The summed E-state index contributed by atoms with van der Waals surface area (Å²) < 4.78 is 10.9. The van der Waals surface area contributed by atoms with E-state index in [1.807, 2.05) is 18.2 Å². The minimum Gasteiger partial charge on any atom is -0.497 e. The van der Waals surface area contributed by atoms with E-state index in [0.29, 0.717) is 0 Å². The summed E-state index contributed by atoms with van der Waals surface area (Å²) >= 11 is 0. The number of benzene rings is 1. The van der Waals surface area contributed by atoms with Crippen LogP contribution >= 0.6 is 0 Å². The molecule has 3 N–H and O–H groups in total. The lowest BCUT2D eigenvalue weighted by Crippen LogP contribution is -2.43. The molecule has 2 rings (SSSR count). The van der Waals surface area contributed by atoms with Gasteiger partial charge in [0.05, 0.1) is 31.2 Å². The molecule has 0 aliphatic carbocycles. The third-order valence-corrected chi connectivity index (χ3v) is 3.12. The summed E-state index contributed by atoms with van der Waals surface area (Å²) in [5.74, 6) is 0.799. The van der Waals surface area contributed by atoms with Crippen molar-refractivity contribution in [2.45, 2.75) is 6.10 Å². The highest BCUT2D eigenvalue weighted by Gasteiger charge is 2.17. The topological polar surface area (TPSA) is 59.8 Å². The zero-order chi connectivity index (χ0) is 13.0. The van der Waals surface area contributed by atoms with Gasteiger partial charge in [-0.15, -0.1) is 0 Å². The first-order valence-corrected chi connectivity index (χ1v) is 6.16. The fourth-order valence-electron chi connectivity index (χ4n) is 2.03. The first-order valence-electron chi connectivity index (χ1n) is 6.16. The number of hydrogen-bond donors (Lipinski definition) is 2. The van der Waals surface area contributed by atoms with E-state index in [4.69, 9.17) is 15.2 Å². The molecule has 100 valence electrons. The molecule has 0 aromatic heterocycles. The van der Waals surface area contributed by atoms with Crippen molar-refractivity contribution < 1.29 is 9.47 Å². The molecule has 1 atom stereocenters. The van der Waals surface area contributed by atoms with E-state index in [1.54, 1.807) is 7.11 Å². The maximum absolute atomic E-state index is 5.92. The minimum absolute atomic E-state index is 0.203. The van der Waals surface area contributed by atoms with Crippen molar-refractivity contribution in [2.24, 2.45) is 0 Å². The summed E-state index contributed by atoms with van der Waals surface area (Å²) in [5.41, 5.74) is 7.53. The predicted octanol–water partition coefficient (Wildman–Crippen LogP) is 1.02. The molecule has 1 aromatic carbocycles. The third kappa shape index (κ3) is 3.27. The number of ether oxygens (including phenoxy) is 2. The Morgan fingerprint density at radius 2 is 2.39 bits per heavy atom. The van der Waals surface area contributed by atoms with Crippen LogP contribution in [0, 0.1) is 0 Å². The number of nitrogens with two attached hydrogens (primary N) is 1. The number of rotatable bonds is 4. The molecule has 1 aliphatic heterocycles. The first-order chi connectivity index (χ1) is 8.69. The summed E-state index contributed by atoms with van der Waals surface area (Å²) in [4.78, 5) is 2.27. The van der Waals surface area contributed by atoms with E-state index < -0.39 is 0 Å². The Kier molecular flexibility index (Phi) is 4.28. The Morgan fingerprint density at radius 3 is 3.11 bits per heavy atom. The highest BCUT2D eigenvalue weighted by Crippen LogP contribution is 2.24. The van der Waals surface area contributed by atoms with Crippen LogP contribution in [0.5, 0.6) is 5.75 Å². The summed E-state index contributed by atoms with van der Waals surface area (Å²) in [6.45, 7) is 3.48. The number of nitrogens with one attached hydrogen (secondary N) is 1. The first kappa shape index (κ1) is 13.0. The molecule has 5 heteroatoms. The molecule has 1 aliphatic rings. The lowest BCUT2D eigenvalue weighted by atomic mass is 10.2. The second-order valence-electron chi connectivity index (χ2n) is 4.59. The average molecular weight is 251 g/mol. The monoisotopic (exact) mass is 251 g/mol. The number of hydrogen-bond acceptors (Lipinski definition) is 5. The zero-order valence-electron chi connectivity index (χ0n) is 11.0. The van der Waals surface area contributed by atoms with Gasteiger partial charge in [0.2, 0.25) is 0 Å². The van der Waals surface area contributed by atoms with E-state index in [0.717, 1.165) is 43.4 Å². The largest absolute Gasteiger partial charge is 0.497 e. The van der Waals surface area contributed by atoms with Gasteiger partial charge >= 0.3 is 0 Å². The van der Waals surface area contributed by atoms with Gasteiger partial charge in [-0.3, -0.25) is 0 Å². The summed E-state index contributed by atoms with van der Waals surface area (Å²) in [7, 11) is 3.75. The van der Waals surface area contributed by atoms with Crippen LogP contribution in [-0.4, -0.2) is 51.4 Å². The van der Waals surface area contributed by atoms with Crippen molar-refractivity contribution in [1.82, 2.24) is 4.90 Å². The molecule has 18 heavy (non-hydrogen) atoms. The number of anilines is 2. The Labute approximate surface area is 108 Å². The Morgan fingerprint density at radius 1 is 1.56 bits per heavy atom. The molecule has 0 saturated carbocycles. The lowest BCUT2D eigenvalue weighted by Gasteiger charge is -2.30. The van der Waals surface area contributed by atoms with E-state index in [2.05, 4.69) is 17.3 Å². The van der Waals surface area contributed by atoms with E-state index in [9.17, 15) is 0 Å². The number of nitrogens with zero attached hydrogens (tertiary/aromatic N) is 1. The third-order valence-electron chi connectivity index (χ3n) is 3.12. The fraction of sp³-hybridized carbons (Fsp3) is 0.538. The average Bonchev–Trinajstić information content (AvgIpc) is 2.38. The number of likely N-dealkylation sites (N-methyl/N-ethyl adjacent to an activating group) is 1. The smallest absolute Gasteiger partial charge is 0.121 e. The van der Waals surface area contributed by atoms with Crippen LogP contribution in [0.4, 0.5) is 11.4 Å². The second-order valence-corrected chi connectivity index (χ2v) is 4.59. The van der Waals surface area contributed by atoms with Crippen molar-refractivity contribution in [1.29, 1.82) is 0 Å². The molecule has 0 radical (unpaired) electrons. The minimum atomic E-state index is 0.203. The van der Waals surface area contributed by atoms with Crippen molar-refractivity contribution in [3.05, 3.63) is 18.2 Å². The van der Waals surface area contributed by atoms with Crippen molar-refractivity contribution in [2.75, 3.05) is 51.4 Å². The second kappa shape index (κ2) is 5.93. The molecule has 1 fully saturated rings. The standard InChI is InChI=1S/C13H21N3O2/c1-16-5-6-18-11(9-16)8-15-13-7-10(17-2)3-4-12(13)14/h3-4,7,11,15H,5-6,8-9,14H2,1-2H3. The summed E-state index contributed by atoms with van der Waals surface area (Å²) in [6, 6.07) is 5.60. The Hall–Kier alpha value is -1.46. The van der Waals surface area contributed by atoms with Crippen LogP contribution in [0.2, 0.25) is 0 Å². The summed E-state index contributed by atoms with van der Waals surface area (Å²) in [5, 5.41) is 3.32. The normalized spacial score (nSPS) is 20.7. The molecule has 1 saturated heterocycles. The Balaban J connectivity index is 1.92. The van der Waals surface area contributed by atoms with Crippen LogP contribution in [0.15, 0.2) is 18.2 Å². The molecule has 1 heterocycles. The van der Waals surface area contributed by atoms with Gasteiger partial charge in [-0.1, -0.05) is 0 Å². The summed E-state index contributed by atoms with van der Waals surface area (Å²) in [6.07, 6.45) is 0.203. The maximum Gasteiger partial charge on any atom is 0.121 e. The zero-order valence-corrected chi connectivity index (χ0v) is 11.0. The lowest BCUT2D eigenvalue weighted by molar-refractivity contribution is -0.0117. The van der Waals surface area contributed by atoms with Crippen LogP contribution in [-0.2, 0) is 4.74 Å². The van der Waals surface area contributed by atoms with Gasteiger partial charge in [0.1, 0.15) is 5.75 Å². The quantitative estimate of drug-likeness (QED) is 0.782. The van der Waals surface area contributed by atoms with Gasteiger partial charge in [-0.25, -0.2) is 0 Å². The molecule has 0 bridgehead atoms. The molecule has 0 spiro atoms. The van der Waals surface area contributed by atoms with Gasteiger partial charge in [0.15, 0.2) is 0 Å². The van der Waals surface area contributed by atoms with Gasteiger partial charge in [-0.2, -0.15) is 0 Å². The van der Waals surface area contributed by atoms with Gasteiger partial charge in [-0.05, 0) is 19.2 Å². The number of methoxy groups -OCH3 is 1. The maximum atomic E-state index is 5.92. The SMILES string of the molecule is COc1ccc(N)c(NCC2CN(C)CCO2)c1. The van der Waals surface area contributed by atoms with Crippen LogP contribution in [0.3, 0.4) is 0 Å². The molecule has 0 amide bonds.